The fourth-order valence-corrected chi connectivity index (χ4v) is 2.61. The van der Waals surface area contributed by atoms with Crippen LogP contribution in [-0.2, 0) is 11.4 Å². The number of hydrogen-bond donors (Lipinski definition) is 3. The summed E-state index contributed by atoms with van der Waals surface area (Å²) in [5.41, 5.74) is 0.776. The molecule has 20 heavy (non-hydrogen) atoms. The number of aldehydes is 1. The van der Waals surface area contributed by atoms with E-state index < -0.39 is 11.7 Å². The first kappa shape index (κ1) is 13.0. The predicted molar refractivity (Wildman–Crippen MR) is 74.8 cm³/mol. The van der Waals surface area contributed by atoms with Gasteiger partial charge in [-0.05, 0) is 45.0 Å². The minimum Gasteiger partial charge on any atom is -0.392 e. The highest BCUT2D eigenvalue weighted by Crippen LogP contribution is 2.20. The first-order chi connectivity index (χ1) is 9.55. The summed E-state index contributed by atoms with van der Waals surface area (Å²) in [7, 11) is 0. The van der Waals surface area contributed by atoms with E-state index in [4.69, 9.17) is 0 Å². The Bertz CT molecular complexity index is 805. The molecule has 2 aromatic rings. The van der Waals surface area contributed by atoms with Crippen molar-refractivity contribution >= 4 is 29.2 Å². The second-order valence-corrected chi connectivity index (χ2v) is 5.03. The fourth-order valence-electron chi connectivity index (χ4n) is 2.61. The number of hydrogen-bond acceptors (Lipinski definition) is 4. The molecule has 0 saturated heterocycles. The second-order valence-electron chi connectivity index (χ2n) is 5.03. The summed E-state index contributed by atoms with van der Waals surface area (Å²) >= 11 is 0. The number of rotatable bonds is 2. The molecule has 4 heteroatoms. The maximum Gasteiger partial charge on any atom is 0.196 e. The summed E-state index contributed by atoms with van der Waals surface area (Å²) in [6.07, 6.45) is 3.34. The average molecular weight is 270 g/mol. The predicted octanol–water partition coefficient (Wildman–Crippen LogP) is -0.597. The standard InChI is InChI=1S/C16H14O4/c17-8-11-3-1-2-10-4-12-5-14(9-18)16(19,20)7-13(12)6-15(10)11/h1-7,9,14,17,19-20H,8H2. The Balaban J connectivity index is 2.39. The van der Waals surface area contributed by atoms with Gasteiger partial charge in [0.2, 0.25) is 0 Å². The number of carbonyl (C=O) groups excluding carboxylic acids is 1. The van der Waals surface area contributed by atoms with E-state index in [-0.39, 0.29) is 6.61 Å². The molecule has 1 aliphatic rings. The van der Waals surface area contributed by atoms with Gasteiger partial charge in [0.15, 0.2) is 5.79 Å². The number of carbonyl (C=O) groups is 1. The van der Waals surface area contributed by atoms with Crippen molar-refractivity contribution in [3.63, 3.8) is 0 Å². The van der Waals surface area contributed by atoms with Gasteiger partial charge in [0.05, 0.1) is 12.5 Å². The van der Waals surface area contributed by atoms with Crippen LogP contribution in [0.2, 0.25) is 0 Å². The van der Waals surface area contributed by atoms with Gasteiger partial charge in [-0.15, -0.1) is 0 Å². The zero-order chi connectivity index (χ0) is 14.3. The van der Waals surface area contributed by atoms with E-state index in [9.17, 15) is 20.1 Å². The lowest BCUT2D eigenvalue weighted by Crippen LogP contribution is -2.44. The zero-order valence-corrected chi connectivity index (χ0v) is 10.7. The smallest absolute Gasteiger partial charge is 0.196 e. The van der Waals surface area contributed by atoms with Crippen LogP contribution in [0.4, 0.5) is 0 Å². The minimum absolute atomic E-state index is 0.0831. The molecule has 0 radical (unpaired) electrons. The molecule has 2 aromatic carbocycles. The van der Waals surface area contributed by atoms with Gasteiger partial charge in [0, 0.05) is 0 Å². The molecule has 0 spiro atoms. The molecule has 0 bridgehead atoms. The van der Waals surface area contributed by atoms with Crippen LogP contribution in [0, 0.1) is 5.92 Å². The van der Waals surface area contributed by atoms with E-state index in [2.05, 4.69) is 0 Å². The van der Waals surface area contributed by atoms with E-state index >= 15 is 0 Å². The number of aliphatic hydroxyl groups excluding tert-OH is 1. The van der Waals surface area contributed by atoms with Crippen LogP contribution < -0.4 is 10.4 Å². The molecule has 1 atom stereocenters. The Morgan fingerprint density at radius 1 is 1.20 bits per heavy atom. The van der Waals surface area contributed by atoms with Gasteiger partial charge >= 0.3 is 0 Å². The molecule has 0 aliphatic heterocycles. The largest absolute Gasteiger partial charge is 0.392 e. The summed E-state index contributed by atoms with van der Waals surface area (Å²) in [5, 5.41) is 32.3. The molecule has 0 fully saturated rings. The lowest BCUT2D eigenvalue weighted by atomic mass is 9.91. The van der Waals surface area contributed by atoms with Gasteiger partial charge in [-0.25, -0.2) is 0 Å². The van der Waals surface area contributed by atoms with Crippen molar-refractivity contribution < 1.29 is 20.1 Å². The van der Waals surface area contributed by atoms with Crippen LogP contribution >= 0.6 is 0 Å². The molecule has 1 unspecified atom stereocenters. The zero-order valence-electron chi connectivity index (χ0n) is 10.7. The summed E-state index contributed by atoms with van der Waals surface area (Å²) < 4.78 is 0. The van der Waals surface area contributed by atoms with Gasteiger partial charge in [-0.2, -0.15) is 0 Å². The summed E-state index contributed by atoms with van der Waals surface area (Å²) in [6, 6.07) is 9.27. The van der Waals surface area contributed by atoms with E-state index in [1.807, 2.05) is 24.3 Å². The van der Waals surface area contributed by atoms with Crippen molar-refractivity contribution in [2.24, 2.45) is 5.92 Å². The fraction of sp³-hybridized carbons (Fsp3) is 0.188. The van der Waals surface area contributed by atoms with Gasteiger partial charge in [-0.3, -0.25) is 0 Å². The van der Waals surface area contributed by atoms with E-state index in [0.717, 1.165) is 21.6 Å². The highest BCUT2D eigenvalue weighted by atomic mass is 16.5. The summed E-state index contributed by atoms with van der Waals surface area (Å²) in [6.45, 7) is -0.0831. The van der Waals surface area contributed by atoms with Crippen LogP contribution in [0.3, 0.4) is 0 Å². The lowest BCUT2D eigenvalue weighted by molar-refractivity contribution is -0.143. The number of aliphatic hydroxyl groups is 3. The number of benzene rings is 2. The maximum absolute atomic E-state index is 10.9. The Labute approximate surface area is 114 Å². The Morgan fingerprint density at radius 3 is 2.70 bits per heavy atom. The normalized spacial score (nSPS) is 19.9. The molecule has 0 aromatic heterocycles. The molecule has 0 amide bonds. The van der Waals surface area contributed by atoms with Crippen LogP contribution in [-0.4, -0.2) is 27.4 Å². The maximum atomic E-state index is 10.9. The lowest BCUT2D eigenvalue weighted by Gasteiger charge is -2.24. The second kappa shape index (κ2) is 4.52. The molecule has 1 aliphatic carbocycles. The van der Waals surface area contributed by atoms with Crippen LogP contribution in [0.5, 0.6) is 0 Å². The van der Waals surface area contributed by atoms with Gasteiger partial charge < -0.3 is 20.1 Å². The monoisotopic (exact) mass is 270 g/mol. The first-order valence-electron chi connectivity index (χ1n) is 6.32. The van der Waals surface area contributed by atoms with Crippen molar-refractivity contribution in [3.05, 3.63) is 46.3 Å². The van der Waals surface area contributed by atoms with Crippen molar-refractivity contribution in [1.82, 2.24) is 0 Å². The van der Waals surface area contributed by atoms with E-state index in [1.165, 1.54) is 6.08 Å². The van der Waals surface area contributed by atoms with Crippen molar-refractivity contribution in [1.29, 1.82) is 0 Å². The topological polar surface area (TPSA) is 77.8 Å². The first-order valence-corrected chi connectivity index (χ1v) is 6.32. The van der Waals surface area contributed by atoms with E-state index in [1.54, 1.807) is 12.1 Å². The van der Waals surface area contributed by atoms with Crippen molar-refractivity contribution in [3.8, 4) is 0 Å². The van der Waals surface area contributed by atoms with Gasteiger partial charge in [0.25, 0.3) is 0 Å². The van der Waals surface area contributed by atoms with Crippen LogP contribution in [0.15, 0.2) is 30.3 Å². The Kier molecular flexibility index (Phi) is 2.94. The molecule has 102 valence electrons. The van der Waals surface area contributed by atoms with E-state index in [0.29, 0.717) is 11.5 Å². The van der Waals surface area contributed by atoms with Crippen LogP contribution in [0.1, 0.15) is 5.56 Å². The molecule has 0 saturated carbocycles. The molecule has 3 rings (SSSR count). The summed E-state index contributed by atoms with van der Waals surface area (Å²) in [4.78, 5) is 10.9. The Morgan fingerprint density at radius 2 is 2.00 bits per heavy atom. The molecule has 4 nitrogen and oxygen atoms in total. The van der Waals surface area contributed by atoms with Crippen molar-refractivity contribution in [2.75, 3.05) is 0 Å². The molecular formula is C16H14O4. The van der Waals surface area contributed by atoms with Gasteiger partial charge in [0.1, 0.15) is 6.29 Å². The highest BCUT2D eigenvalue weighted by molar-refractivity contribution is 5.87. The average Bonchev–Trinajstić information content (AvgIpc) is 2.43. The molecule has 3 N–H and O–H groups in total. The molecular weight excluding hydrogens is 256 g/mol. The quantitative estimate of drug-likeness (QED) is 0.503. The molecule has 0 heterocycles. The third-order valence-corrected chi connectivity index (χ3v) is 3.71. The van der Waals surface area contributed by atoms with Gasteiger partial charge in [-0.1, -0.05) is 24.3 Å². The third kappa shape index (κ3) is 1.94. The highest BCUT2D eigenvalue weighted by Gasteiger charge is 2.32. The van der Waals surface area contributed by atoms with Crippen molar-refractivity contribution in [2.45, 2.75) is 12.4 Å². The number of fused-ring (bicyclic) bond motifs is 2. The minimum atomic E-state index is -2.17. The third-order valence-electron chi connectivity index (χ3n) is 3.71. The van der Waals surface area contributed by atoms with Crippen LogP contribution in [0.25, 0.3) is 22.9 Å². The Hall–Kier alpha value is -2.01. The summed E-state index contributed by atoms with van der Waals surface area (Å²) in [5.74, 6) is -3.15. The SMILES string of the molecule is O=CC1C=c2cc3cccc(CO)c3cc2=CC1(O)O.